The summed E-state index contributed by atoms with van der Waals surface area (Å²) < 4.78 is 0. The monoisotopic (exact) mass is 312 g/mol. The zero-order chi connectivity index (χ0) is 17.1. The Balaban J connectivity index is -0.0000000533. The van der Waals surface area contributed by atoms with Crippen LogP contribution in [0.1, 0.15) is 0 Å². The van der Waals surface area contributed by atoms with Crippen molar-refractivity contribution in [3.8, 4) is 0 Å². The number of hydrogen-bond donors (Lipinski definition) is 4. The van der Waals surface area contributed by atoms with Crippen LogP contribution in [0.15, 0.2) is 0 Å². The first-order chi connectivity index (χ1) is 9.08. The van der Waals surface area contributed by atoms with Gasteiger partial charge < -0.3 is 60.0 Å². The second-order valence-electron chi connectivity index (χ2n) is 2.12. The average molecular weight is 312 g/mol. The Bertz CT molecular complexity index is 218. The molecule has 0 radical (unpaired) electrons. The van der Waals surface area contributed by atoms with Gasteiger partial charge in [-0.2, -0.15) is 0 Å². The van der Waals surface area contributed by atoms with Crippen molar-refractivity contribution in [2.75, 3.05) is 26.4 Å². The van der Waals surface area contributed by atoms with Gasteiger partial charge in [0.25, 0.3) is 0 Å². The van der Waals surface area contributed by atoms with Crippen LogP contribution in [0.3, 0.4) is 0 Å². The molecule has 0 aliphatic heterocycles. The van der Waals surface area contributed by atoms with E-state index < -0.39 is 50.3 Å². The first-order valence-corrected chi connectivity index (χ1v) is 4.31. The summed E-state index contributed by atoms with van der Waals surface area (Å²) in [5.41, 5.74) is 0. The van der Waals surface area contributed by atoms with Crippen molar-refractivity contribution in [3.05, 3.63) is 7.43 Å². The minimum Gasteiger partial charge on any atom is -0.548 e. The molecule has 0 aromatic rings. The number of carbonyl (C=O) groups is 4. The van der Waals surface area contributed by atoms with Gasteiger partial charge in [-0.25, -0.2) is 0 Å². The summed E-state index contributed by atoms with van der Waals surface area (Å²) in [5, 5.41) is 66.0. The van der Waals surface area contributed by atoms with Crippen molar-refractivity contribution in [2.24, 2.45) is 0 Å². The van der Waals surface area contributed by atoms with Gasteiger partial charge in [-0.3, -0.25) is 0 Å². The van der Waals surface area contributed by atoms with Gasteiger partial charge in [0.05, 0.1) is 50.3 Å². The number of aliphatic hydroxyl groups is 4. The fourth-order valence-electron chi connectivity index (χ4n) is 0. The quantitative estimate of drug-likeness (QED) is 0.378. The van der Waals surface area contributed by atoms with Gasteiger partial charge in [0.2, 0.25) is 0 Å². The molecule has 0 saturated carbocycles. The molecule has 0 rings (SSSR count). The van der Waals surface area contributed by atoms with E-state index in [-0.39, 0.29) is 7.43 Å². The topological polar surface area (TPSA) is 241 Å². The van der Waals surface area contributed by atoms with Crippen LogP contribution < -0.4 is 20.4 Å². The number of carboxylic acid groups (broad SMARTS) is 4. The van der Waals surface area contributed by atoms with E-state index in [4.69, 9.17) is 60.0 Å². The number of aliphatic carboxylic acids is 4. The van der Waals surface area contributed by atoms with E-state index in [2.05, 4.69) is 0 Å². The molecule has 0 bridgehead atoms. The fraction of sp³-hybridized carbons (Fsp3) is 0.444. The number of carboxylic acids is 4. The maximum Gasteiger partial charge on any atom is 4.00 e. The van der Waals surface area contributed by atoms with E-state index in [0.717, 1.165) is 0 Å². The molecule has 0 heterocycles. The molecule has 120 valence electrons. The van der Waals surface area contributed by atoms with Crippen molar-refractivity contribution in [1.29, 1.82) is 0 Å². The summed E-state index contributed by atoms with van der Waals surface area (Å²) in [6.07, 6.45) is 0. The molecule has 12 nitrogen and oxygen atoms in total. The van der Waals surface area contributed by atoms with Crippen LogP contribution in [0, 0.1) is 7.43 Å². The van der Waals surface area contributed by atoms with Gasteiger partial charge in [-0.05, 0) is 0 Å². The second-order valence-corrected chi connectivity index (χ2v) is 2.12. The smallest absolute Gasteiger partial charge is 0.548 e. The van der Waals surface area contributed by atoms with Crippen molar-refractivity contribution < 1.29 is 60.0 Å². The van der Waals surface area contributed by atoms with Crippen LogP contribution in [-0.2, 0) is 19.2 Å². The minimum atomic E-state index is -1.44. The van der Waals surface area contributed by atoms with E-state index in [1.807, 2.05) is 0 Å². The predicted octanol–water partition coefficient (Wildman–Crippen LogP) is -9.00. The zero-order valence-electron chi connectivity index (χ0n) is 10.4. The summed E-state index contributed by atoms with van der Waals surface area (Å²) in [6, 6.07) is 0. The summed E-state index contributed by atoms with van der Waals surface area (Å²) >= 11 is 0. The van der Waals surface area contributed by atoms with E-state index in [1.54, 1.807) is 0 Å². The van der Waals surface area contributed by atoms with Crippen molar-refractivity contribution in [1.82, 2.24) is 0 Å². The molecule has 21 heavy (non-hydrogen) atoms. The van der Waals surface area contributed by atoms with E-state index >= 15 is 0 Å². The summed E-state index contributed by atoms with van der Waals surface area (Å²) in [5.74, 6) is -5.76. The van der Waals surface area contributed by atoms with Crippen molar-refractivity contribution in [2.45, 2.75) is 0 Å². The Kier molecular flexibility index (Phi) is 39.1. The molecular weight excluding hydrogens is 300 g/mol. The summed E-state index contributed by atoms with van der Waals surface area (Å²) in [7, 11) is 0. The predicted molar refractivity (Wildman–Crippen MR) is 51.6 cm³/mol. The molecule has 0 saturated heterocycles. The van der Waals surface area contributed by atoms with Crippen LogP contribution in [0.4, 0.5) is 0 Å². The van der Waals surface area contributed by atoms with E-state index in [1.165, 1.54) is 0 Å². The normalized spacial score (nSPS) is 7.05. The van der Waals surface area contributed by atoms with Gasteiger partial charge >= 0.3 is 7.43 Å². The van der Waals surface area contributed by atoms with Crippen LogP contribution in [0.25, 0.3) is 0 Å². The second kappa shape index (κ2) is 26.3. The Morgan fingerprint density at radius 1 is 0.524 bits per heavy atom. The Morgan fingerprint density at radius 3 is 0.571 bits per heavy atom. The first-order valence-electron chi connectivity index (χ1n) is 4.31. The molecule has 0 amide bonds. The average Bonchev–Trinajstić information content (AvgIpc) is 2.40. The maximum absolute atomic E-state index is 9.01. The molecular formula is C9H12O12. The van der Waals surface area contributed by atoms with Crippen LogP contribution >= 0.6 is 0 Å². The van der Waals surface area contributed by atoms with Crippen molar-refractivity contribution in [3.63, 3.8) is 0 Å². The molecule has 0 unspecified atom stereocenters. The van der Waals surface area contributed by atoms with Crippen molar-refractivity contribution >= 4 is 23.9 Å². The molecule has 4 N–H and O–H groups in total. The molecule has 0 aromatic heterocycles. The van der Waals surface area contributed by atoms with Crippen LogP contribution in [-0.4, -0.2) is 70.7 Å². The SMILES string of the molecule is O=C([O-])CO.O=C([O-])CO.O=C([O-])CO.O=C([O-])CO.[C+4]. The minimum absolute atomic E-state index is 0. The molecule has 0 aliphatic rings. The van der Waals surface area contributed by atoms with Gasteiger partial charge in [0.1, 0.15) is 0 Å². The summed E-state index contributed by atoms with van der Waals surface area (Å²) in [4.78, 5) is 36.0. The zero-order valence-corrected chi connectivity index (χ0v) is 10.4. The maximum atomic E-state index is 9.01. The van der Waals surface area contributed by atoms with E-state index in [9.17, 15) is 0 Å². The first kappa shape index (κ1) is 31.2. The van der Waals surface area contributed by atoms with Gasteiger partial charge in [-0.1, -0.05) is 0 Å². The Labute approximate surface area is 119 Å². The number of carbonyl (C=O) groups excluding carboxylic acids is 4. The number of hydrogen-bond acceptors (Lipinski definition) is 12. The largest absolute Gasteiger partial charge is 4.00 e. The molecule has 0 aromatic carbocycles. The number of aliphatic hydroxyl groups excluding tert-OH is 4. The van der Waals surface area contributed by atoms with Gasteiger partial charge in [0.15, 0.2) is 0 Å². The third-order valence-corrected chi connectivity index (χ3v) is 0.516. The molecule has 0 spiro atoms. The third-order valence-electron chi connectivity index (χ3n) is 0.516. The standard InChI is InChI=1S/4C2H4O3.C/c4*3-1-2(4)5;/h4*3H,1H2,(H,4,5);/q;;;;+4/p-4. The third kappa shape index (κ3) is 134. The number of rotatable bonds is 4. The van der Waals surface area contributed by atoms with Crippen LogP contribution in [0.2, 0.25) is 0 Å². The molecule has 0 aliphatic carbocycles. The fourth-order valence-corrected chi connectivity index (χ4v) is 0. The van der Waals surface area contributed by atoms with Gasteiger partial charge in [-0.15, -0.1) is 0 Å². The van der Waals surface area contributed by atoms with Crippen LogP contribution in [0.5, 0.6) is 0 Å². The molecule has 12 heteroatoms. The Hall–Kier alpha value is -2.28. The molecule has 0 atom stereocenters. The molecule has 0 fully saturated rings. The van der Waals surface area contributed by atoms with E-state index in [0.29, 0.717) is 0 Å². The van der Waals surface area contributed by atoms with Gasteiger partial charge in [0, 0.05) is 0 Å². The Morgan fingerprint density at radius 2 is 0.571 bits per heavy atom. The summed E-state index contributed by atoms with van der Waals surface area (Å²) in [6.45, 7) is -3.56.